The summed E-state index contributed by atoms with van der Waals surface area (Å²) in [7, 11) is 0. The molecule has 0 saturated carbocycles. The second-order valence-corrected chi connectivity index (χ2v) is 5.34. The number of anilines is 2. The Morgan fingerprint density at radius 1 is 1.32 bits per heavy atom. The Hall–Kier alpha value is -1.55. The largest absolute Gasteiger partial charge is 0.399 e. The summed E-state index contributed by atoms with van der Waals surface area (Å²) in [5.74, 6) is 0.0542. The van der Waals surface area contributed by atoms with Crippen molar-refractivity contribution in [1.29, 1.82) is 0 Å². The number of nitrogens with one attached hydrogen (secondary N) is 1. The smallest absolute Gasteiger partial charge is 0.238 e. The van der Waals surface area contributed by atoms with Crippen molar-refractivity contribution < 1.29 is 4.79 Å². The maximum atomic E-state index is 12.0. The summed E-state index contributed by atoms with van der Waals surface area (Å²) in [6, 6.07) is 7.76. The van der Waals surface area contributed by atoms with Crippen molar-refractivity contribution in [2.75, 3.05) is 24.1 Å². The van der Waals surface area contributed by atoms with Crippen LogP contribution in [0.5, 0.6) is 0 Å². The SMILES string of the molecule is CC1CCCCCN1CC(=O)Nc1ccc(N)cc1. The molecule has 1 aliphatic heterocycles. The molecule has 1 aliphatic rings. The van der Waals surface area contributed by atoms with Gasteiger partial charge in [0.25, 0.3) is 0 Å². The summed E-state index contributed by atoms with van der Waals surface area (Å²) in [6.45, 7) is 3.71. The van der Waals surface area contributed by atoms with Crippen molar-refractivity contribution in [3.05, 3.63) is 24.3 Å². The minimum Gasteiger partial charge on any atom is -0.399 e. The van der Waals surface area contributed by atoms with E-state index >= 15 is 0 Å². The van der Waals surface area contributed by atoms with Gasteiger partial charge in [0.2, 0.25) is 5.91 Å². The predicted octanol–water partition coefficient (Wildman–Crippen LogP) is 2.47. The number of rotatable bonds is 3. The standard InChI is InChI=1S/C15H23N3O/c1-12-5-3-2-4-10-18(12)11-15(19)17-14-8-6-13(16)7-9-14/h6-9,12H,2-5,10-11,16H2,1H3,(H,17,19). The molecule has 4 nitrogen and oxygen atoms in total. The first-order valence-corrected chi connectivity index (χ1v) is 7.04. The van der Waals surface area contributed by atoms with Crippen LogP contribution in [-0.4, -0.2) is 29.9 Å². The third-order valence-corrected chi connectivity index (χ3v) is 3.73. The Bertz CT molecular complexity index is 416. The fourth-order valence-corrected chi connectivity index (χ4v) is 2.52. The lowest BCUT2D eigenvalue weighted by molar-refractivity contribution is -0.117. The van der Waals surface area contributed by atoms with Gasteiger partial charge in [-0.15, -0.1) is 0 Å². The van der Waals surface area contributed by atoms with Crippen molar-refractivity contribution in [2.45, 2.75) is 38.6 Å². The van der Waals surface area contributed by atoms with Gasteiger partial charge in [0, 0.05) is 17.4 Å². The molecule has 1 heterocycles. The van der Waals surface area contributed by atoms with Crippen molar-refractivity contribution in [3.63, 3.8) is 0 Å². The monoisotopic (exact) mass is 261 g/mol. The molecule has 1 aromatic carbocycles. The van der Waals surface area contributed by atoms with Gasteiger partial charge >= 0.3 is 0 Å². The zero-order valence-electron chi connectivity index (χ0n) is 11.6. The highest BCUT2D eigenvalue weighted by Crippen LogP contribution is 2.16. The fraction of sp³-hybridized carbons (Fsp3) is 0.533. The second-order valence-electron chi connectivity index (χ2n) is 5.34. The lowest BCUT2D eigenvalue weighted by Gasteiger charge is -2.26. The topological polar surface area (TPSA) is 58.4 Å². The first-order valence-electron chi connectivity index (χ1n) is 7.04. The van der Waals surface area contributed by atoms with Crippen LogP contribution in [0.3, 0.4) is 0 Å². The van der Waals surface area contributed by atoms with E-state index in [-0.39, 0.29) is 5.91 Å². The van der Waals surface area contributed by atoms with Crippen LogP contribution in [-0.2, 0) is 4.79 Å². The summed E-state index contributed by atoms with van der Waals surface area (Å²) in [4.78, 5) is 14.3. The number of hydrogen-bond acceptors (Lipinski definition) is 3. The Morgan fingerprint density at radius 3 is 2.79 bits per heavy atom. The van der Waals surface area contributed by atoms with Gasteiger partial charge in [-0.2, -0.15) is 0 Å². The lowest BCUT2D eigenvalue weighted by Crippen LogP contribution is -2.39. The van der Waals surface area contributed by atoms with Crippen LogP contribution in [0.1, 0.15) is 32.6 Å². The Balaban J connectivity index is 1.87. The van der Waals surface area contributed by atoms with Crippen LogP contribution in [0.2, 0.25) is 0 Å². The van der Waals surface area contributed by atoms with E-state index in [1.54, 1.807) is 12.1 Å². The highest BCUT2D eigenvalue weighted by molar-refractivity contribution is 5.92. The van der Waals surface area contributed by atoms with Crippen molar-refractivity contribution in [1.82, 2.24) is 4.90 Å². The Labute approximate surface area is 115 Å². The van der Waals surface area contributed by atoms with E-state index in [0.29, 0.717) is 18.3 Å². The van der Waals surface area contributed by atoms with E-state index in [9.17, 15) is 4.79 Å². The van der Waals surface area contributed by atoms with Gasteiger partial charge in [0.05, 0.1) is 6.54 Å². The summed E-state index contributed by atoms with van der Waals surface area (Å²) in [5, 5.41) is 2.92. The molecule has 1 saturated heterocycles. The maximum absolute atomic E-state index is 12.0. The van der Waals surface area contributed by atoms with E-state index in [1.165, 1.54) is 25.7 Å². The normalized spacial score (nSPS) is 20.8. The molecule has 1 unspecified atom stereocenters. The average Bonchev–Trinajstić information content (AvgIpc) is 2.58. The molecule has 1 atom stereocenters. The molecule has 1 aromatic rings. The summed E-state index contributed by atoms with van der Waals surface area (Å²) < 4.78 is 0. The number of amides is 1. The minimum absolute atomic E-state index is 0.0542. The molecule has 0 aromatic heterocycles. The van der Waals surface area contributed by atoms with Crippen molar-refractivity contribution in [2.24, 2.45) is 0 Å². The van der Waals surface area contributed by atoms with Crippen LogP contribution in [0.4, 0.5) is 11.4 Å². The van der Waals surface area contributed by atoms with E-state index in [2.05, 4.69) is 17.1 Å². The first-order chi connectivity index (χ1) is 9.15. The molecular weight excluding hydrogens is 238 g/mol. The van der Waals surface area contributed by atoms with E-state index in [0.717, 1.165) is 12.2 Å². The fourth-order valence-electron chi connectivity index (χ4n) is 2.52. The van der Waals surface area contributed by atoms with Gasteiger partial charge in [-0.1, -0.05) is 12.8 Å². The molecule has 3 N–H and O–H groups in total. The van der Waals surface area contributed by atoms with E-state index < -0.39 is 0 Å². The summed E-state index contributed by atoms with van der Waals surface area (Å²) in [5.41, 5.74) is 7.14. The first kappa shape index (κ1) is 13.9. The number of nitrogen functional groups attached to an aromatic ring is 1. The quantitative estimate of drug-likeness (QED) is 0.822. The molecule has 104 valence electrons. The van der Waals surface area contributed by atoms with Crippen LogP contribution >= 0.6 is 0 Å². The van der Waals surface area contributed by atoms with Gasteiger partial charge in [0.1, 0.15) is 0 Å². The van der Waals surface area contributed by atoms with Gasteiger partial charge in [-0.25, -0.2) is 0 Å². The maximum Gasteiger partial charge on any atom is 0.238 e. The third kappa shape index (κ3) is 4.24. The van der Waals surface area contributed by atoms with Gasteiger partial charge < -0.3 is 11.1 Å². The van der Waals surface area contributed by atoms with Gasteiger partial charge in [-0.05, 0) is 50.6 Å². The number of carbonyl (C=O) groups is 1. The number of carbonyl (C=O) groups excluding carboxylic acids is 1. The van der Waals surface area contributed by atoms with Crippen molar-refractivity contribution in [3.8, 4) is 0 Å². The predicted molar refractivity (Wildman–Crippen MR) is 79.0 cm³/mol. The summed E-state index contributed by atoms with van der Waals surface area (Å²) in [6.07, 6.45) is 4.94. The highest BCUT2D eigenvalue weighted by Gasteiger charge is 2.19. The Kier molecular flexibility index (Phi) is 4.80. The number of nitrogens with two attached hydrogens (primary N) is 1. The van der Waals surface area contributed by atoms with Crippen LogP contribution in [0, 0.1) is 0 Å². The zero-order valence-corrected chi connectivity index (χ0v) is 11.6. The van der Waals surface area contributed by atoms with Crippen LogP contribution in [0.25, 0.3) is 0 Å². The number of benzene rings is 1. The zero-order chi connectivity index (χ0) is 13.7. The number of nitrogens with zero attached hydrogens (tertiary/aromatic N) is 1. The highest BCUT2D eigenvalue weighted by atomic mass is 16.2. The average molecular weight is 261 g/mol. The molecule has 0 aliphatic carbocycles. The molecule has 0 bridgehead atoms. The van der Waals surface area contributed by atoms with Gasteiger partial charge in [0.15, 0.2) is 0 Å². The van der Waals surface area contributed by atoms with Crippen LogP contribution < -0.4 is 11.1 Å². The molecule has 0 spiro atoms. The molecule has 4 heteroatoms. The number of hydrogen-bond donors (Lipinski definition) is 2. The molecule has 2 rings (SSSR count). The van der Waals surface area contributed by atoms with Crippen molar-refractivity contribution >= 4 is 17.3 Å². The molecule has 0 radical (unpaired) electrons. The summed E-state index contributed by atoms with van der Waals surface area (Å²) >= 11 is 0. The van der Waals surface area contributed by atoms with E-state index in [4.69, 9.17) is 5.73 Å². The molecular formula is C15H23N3O. The third-order valence-electron chi connectivity index (χ3n) is 3.73. The second kappa shape index (κ2) is 6.57. The van der Waals surface area contributed by atoms with E-state index in [1.807, 2.05) is 12.1 Å². The lowest BCUT2D eigenvalue weighted by atomic mass is 10.1. The Morgan fingerprint density at radius 2 is 2.05 bits per heavy atom. The minimum atomic E-state index is 0.0542. The molecule has 1 amide bonds. The molecule has 1 fully saturated rings. The van der Waals surface area contributed by atoms with Gasteiger partial charge in [-0.3, -0.25) is 9.69 Å². The number of likely N-dealkylation sites (tertiary alicyclic amines) is 1. The van der Waals surface area contributed by atoms with Crippen LogP contribution in [0.15, 0.2) is 24.3 Å². The molecule has 19 heavy (non-hydrogen) atoms.